The summed E-state index contributed by atoms with van der Waals surface area (Å²) < 4.78 is 2.17. The summed E-state index contributed by atoms with van der Waals surface area (Å²) in [5.74, 6) is 0.734. The predicted octanol–water partition coefficient (Wildman–Crippen LogP) is 4.86. The number of aliphatic hydroxyl groups excluding tert-OH is 1. The Morgan fingerprint density at radius 3 is 2.62 bits per heavy atom. The molecule has 1 saturated carbocycles. The molecule has 3 nitrogen and oxygen atoms in total. The molecule has 0 amide bonds. The minimum atomic E-state index is 0.0488. The first kappa shape index (κ1) is 17.3. The third kappa shape index (κ3) is 4.31. The van der Waals surface area contributed by atoms with Gasteiger partial charge < -0.3 is 5.11 Å². The van der Waals surface area contributed by atoms with Crippen molar-refractivity contribution in [3.8, 4) is 11.3 Å². The van der Waals surface area contributed by atoms with Gasteiger partial charge in [-0.25, -0.2) is 0 Å². The van der Waals surface area contributed by atoms with Gasteiger partial charge >= 0.3 is 0 Å². The van der Waals surface area contributed by atoms with Gasteiger partial charge in [-0.15, -0.1) is 11.8 Å². The highest BCUT2D eigenvalue weighted by Gasteiger charge is 2.17. The molecule has 1 heterocycles. The highest BCUT2D eigenvalue weighted by atomic mass is 32.2. The molecule has 1 N–H and O–H groups in total. The van der Waals surface area contributed by atoms with Gasteiger partial charge in [-0.05, 0) is 54.9 Å². The van der Waals surface area contributed by atoms with Crippen molar-refractivity contribution in [1.29, 1.82) is 0 Å². The molecule has 1 aromatic carbocycles. The van der Waals surface area contributed by atoms with E-state index in [4.69, 9.17) is 10.2 Å². The van der Waals surface area contributed by atoms with Gasteiger partial charge in [0.1, 0.15) is 0 Å². The van der Waals surface area contributed by atoms with Crippen LogP contribution in [0.15, 0.2) is 41.3 Å². The van der Waals surface area contributed by atoms with Crippen LogP contribution in [0.25, 0.3) is 17.3 Å². The summed E-state index contributed by atoms with van der Waals surface area (Å²) in [6.07, 6.45) is 12.4. The molecule has 0 radical (unpaired) electrons. The molecule has 1 aromatic heterocycles. The van der Waals surface area contributed by atoms with E-state index in [9.17, 15) is 0 Å². The van der Waals surface area contributed by atoms with Crippen molar-refractivity contribution in [2.75, 3.05) is 12.9 Å². The lowest BCUT2D eigenvalue weighted by Crippen LogP contribution is -2.15. The van der Waals surface area contributed by atoms with Gasteiger partial charge in [-0.2, -0.15) is 5.10 Å². The molecular formula is C20H26N2OS. The Bertz CT molecular complexity index is 669. The Balaban J connectivity index is 1.88. The molecule has 1 aliphatic carbocycles. The molecule has 0 spiro atoms. The fourth-order valence-electron chi connectivity index (χ4n) is 3.44. The van der Waals surface area contributed by atoms with Crippen LogP contribution in [0.5, 0.6) is 0 Å². The average molecular weight is 343 g/mol. The fourth-order valence-corrected chi connectivity index (χ4v) is 3.85. The van der Waals surface area contributed by atoms with Crippen molar-refractivity contribution < 1.29 is 5.11 Å². The molecule has 1 fully saturated rings. The van der Waals surface area contributed by atoms with E-state index < -0.39 is 0 Å². The van der Waals surface area contributed by atoms with Crippen LogP contribution >= 0.6 is 11.8 Å². The van der Waals surface area contributed by atoms with Gasteiger partial charge in [0, 0.05) is 11.4 Å². The highest BCUT2D eigenvalue weighted by molar-refractivity contribution is 7.98. The van der Waals surface area contributed by atoms with Crippen molar-refractivity contribution in [2.45, 2.75) is 43.5 Å². The second kappa shape index (κ2) is 8.54. The van der Waals surface area contributed by atoms with Crippen LogP contribution in [0.3, 0.4) is 0 Å². The Hall–Kier alpha value is -1.52. The van der Waals surface area contributed by atoms with Crippen LogP contribution in [0.1, 0.15) is 37.8 Å². The summed E-state index contributed by atoms with van der Waals surface area (Å²) in [5, 5.41) is 13.8. The zero-order chi connectivity index (χ0) is 16.8. The molecule has 0 saturated heterocycles. The van der Waals surface area contributed by atoms with Crippen molar-refractivity contribution in [2.24, 2.45) is 5.92 Å². The van der Waals surface area contributed by atoms with Gasteiger partial charge in [-0.3, -0.25) is 4.68 Å². The number of aromatic nitrogens is 2. The lowest BCUT2D eigenvalue weighted by atomic mass is 9.89. The molecule has 0 atom stereocenters. The minimum absolute atomic E-state index is 0.0488. The van der Waals surface area contributed by atoms with E-state index in [1.54, 1.807) is 17.8 Å². The zero-order valence-corrected chi connectivity index (χ0v) is 15.1. The van der Waals surface area contributed by atoms with Crippen LogP contribution in [-0.4, -0.2) is 27.7 Å². The van der Waals surface area contributed by atoms with E-state index >= 15 is 0 Å². The zero-order valence-electron chi connectivity index (χ0n) is 14.3. The number of aliphatic hydroxyl groups is 1. The van der Waals surface area contributed by atoms with Crippen LogP contribution in [-0.2, 0) is 6.54 Å². The van der Waals surface area contributed by atoms with Crippen LogP contribution in [0.2, 0.25) is 0 Å². The molecule has 0 bridgehead atoms. The number of hydrogen-bond acceptors (Lipinski definition) is 3. The SMILES string of the molecule is CSc1ccc(-c2cc(/C=C/CO)nn2CC2CCCCC2)cc1. The van der Waals surface area contributed by atoms with Gasteiger partial charge in [0.05, 0.1) is 18.0 Å². The number of hydrogen-bond donors (Lipinski definition) is 1. The third-order valence-electron chi connectivity index (χ3n) is 4.73. The Morgan fingerprint density at radius 2 is 1.96 bits per heavy atom. The summed E-state index contributed by atoms with van der Waals surface area (Å²) >= 11 is 1.76. The molecule has 4 heteroatoms. The minimum Gasteiger partial charge on any atom is -0.392 e. The number of nitrogens with zero attached hydrogens (tertiary/aromatic N) is 2. The summed E-state index contributed by atoms with van der Waals surface area (Å²) in [6.45, 7) is 1.04. The topological polar surface area (TPSA) is 38.1 Å². The second-order valence-corrected chi connectivity index (χ2v) is 7.33. The van der Waals surface area contributed by atoms with Crippen LogP contribution in [0.4, 0.5) is 0 Å². The Kier molecular flexibility index (Phi) is 6.16. The molecule has 1 aliphatic rings. The first-order chi connectivity index (χ1) is 11.8. The number of rotatable bonds is 6. The normalized spacial score (nSPS) is 16.1. The predicted molar refractivity (Wildman–Crippen MR) is 102 cm³/mol. The van der Waals surface area contributed by atoms with Gasteiger partial charge in [0.25, 0.3) is 0 Å². The van der Waals surface area contributed by atoms with Gasteiger partial charge in [0.15, 0.2) is 0 Å². The molecular weight excluding hydrogens is 316 g/mol. The summed E-state index contributed by atoms with van der Waals surface area (Å²) in [4.78, 5) is 1.28. The molecule has 0 unspecified atom stereocenters. The van der Waals surface area contributed by atoms with Crippen molar-refractivity contribution in [3.05, 3.63) is 42.1 Å². The number of thioether (sulfide) groups is 1. The van der Waals surface area contributed by atoms with E-state index in [0.717, 1.165) is 18.2 Å². The smallest absolute Gasteiger partial charge is 0.0855 e. The summed E-state index contributed by atoms with van der Waals surface area (Å²) in [7, 11) is 0. The van der Waals surface area contributed by atoms with E-state index in [-0.39, 0.29) is 6.61 Å². The van der Waals surface area contributed by atoms with Crippen molar-refractivity contribution >= 4 is 17.8 Å². The highest BCUT2D eigenvalue weighted by Crippen LogP contribution is 2.29. The first-order valence-corrected chi connectivity index (χ1v) is 10.0. The summed E-state index contributed by atoms with van der Waals surface area (Å²) in [5.41, 5.74) is 3.30. The van der Waals surface area contributed by atoms with Crippen LogP contribution < -0.4 is 0 Å². The van der Waals surface area contributed by atoms with Gasteiger partial charge in [0.2, 0.25) is 0 Å². The second-order valence-electron chi connectivity index (χ2n) is 6.45. The van der Waals surface area contributed by atoms with Gasteiger partial charge in [-0.1, -0.05) is 37.5 Å². The lowest BCUT2D eigenvalue weighted by molar-refractivity contribution is 0.309. The van der Waals surface area contributed by atoms with E-state index in [1.807, 2.05) is 6.08 Å². The maximum absolute atomic E-state index is 9.02. The monoisotopic (exact) mass is 342 g/mol. The third-order valence-corrected chi connectivity index (χ3v) is 5.48. The molecule has 0 aliphatic heterocycles. The largest absolute Gasteiger partial charge is 0.392 e. The molecule has 3 rings (SSSR count). The van der Waals surface area contributed by atoms with Crippen LogP contribution in [0, 0.1) is 5.92 Å². The standard InChI is InChI=1S/C20H26N2OS/c1-24-19-11-9-17(10-12-19)20-14-18(8-5-13-23)21-22(20)15-16-6-3-2-4-7-16/h5,8-12,14,16,23H,2-4,6-7,13,15H2,1H3/b8-5+. The number of benzene rings is 1. The molecule has 128 valence electrons. The Labute approximate surface area is 148 Å². The van der Waals surface area contributed by atoms with E-state index in [1.165, 1.54) is 48.3 Å². The maximum atomic E-state index is 9.02. The average Bonchev–Trinajstić information content (AvgIpc) is 3.03. The van der Waals surface area contributed by atoms with E-state index in [2.05, 4.69) is 41.3 Å². The molecule has 2 aromatic rings. The van der Waals surface area contributed by atoms with E-state index in [0.29, 0.717) is 0 Å². The lowest BCUT2D eigenvalue weighted by Gasteiger charge is -2.22. The molecule has 24 heavy (non-hydrogen) atoms. The Morgan fingerprint density at radius 1 is 1.21 bits per heavy atom. The van der Waals surface area contributed by atoms with Crippen molar-refractivity contribution in [1.82, 2.24) is 9.78 Å². The fraction of sp³-hybridized carbons (Fsp3) is 0.450. The van der Waals surface area contributed by atoms with Crippen molar-refractivity contribution in [3.63, 3.8) is 0 Å². The maximum Gasteiger partial charge on any atom is 0.0855 e. The summed E-state index contributed by atoms with van der Waals surface area (Å²) in [6, 6.07) is 10.8. The quantitative estimate of drug-likeness (QED) is 0.762. The first-order valence-electron chi connectivity index (χ1n) is 8.80.